The molecule has 0 aliphatic rings. The number of halogens is 1. The normalized spacial score (nSPS) is 12.0. The lowest BCUT2D eigenvalue weighted by atomic mass is 10.1. The smallest absolute Gasteiger partial charge is 0.257 e. The molecule has 1 amide bonds. The molecular weight excluding hydrogens is 308 g/mol. The van der Waals surface area contributed by atoms with E-state index in [0.717, 1.165) is 22.2 Å². The van der Waals surface area contributed by atoms with E-state index in [4.69, 9.17) is 4.74 Å². The standard InChI is InChI=1S/C14H21BrN2O2/c1-4-7-17-14(18)9-19-13-6-5-11(15)8-12(13)10(2)16-3/h5-6,8,10,16H,4,7,9H2,1-3H3,(H,17,18). The minimum absolute atomic E-state index is 0.0467. The molecule has 0 fully saturated rings. The van der Waals surface area contributed by atoms with Gasteiger partial charge in [-0.2, -0.15) is 0 Å². The number of hydrogen-bond acceptors (Lipinski definition) is 3. The Hall–Kier alpha value is -1.07. The maximum Gasteiger partial charge on any atom is 0.257 e. The lowest BCUT2D eigenvalue weighted by Gasteiger charge is -2.16. The van der Waals surface area contributed by atoms with Crippen molar-refractivity contribution >= 4 is 21.8 Å². The van der Waals surface area contributed by atoms with Crippen LogP contribution in [0.4, 0.5) is 0 Å². The summed E-state index contributed by atoms with van der Waals surface area (Å²) in [6, 6.07) is 5.94. The van der Waals surface area contributed by atoms with Crippen molar-refractivity contribution in [3.8, 4) is 5.75 Å². The third-order valence-electron chi connectivity index (χ3n) is 2.80. The van der Waals surface area contributed by atoms with Gasteiger partial charge in [0, 0.05) is 22.6 Å². The first kappa shape index (κ1) is 16.0. The number of ether oxygens (including phenoxy) is 1. The number of rotatable bonds is 7. The predicted octanol–water partition coefficient (Wildman–Crippen LogP) is 2.63. The van der Waals surface area contributed by atoms with Gasteiger partial charge in [-0.05, 0) is 38.6 Å². The van der Waals surface area contributed by atoms with Crippen LogP contribution in [0, 0.1) is 0 Å². The van der Waals surface area contributed by atoms with Gasteiger partial charge < -0.3 is 15.4 Å². The first-order valence-electron chi connectivity index (χ1n) is 6.44. The van der Waals surface area contributed by atoms with Crippen molar-refractivity contribution in [3.05, 3.63) is 28.2 Å². The second-order valence-corrected chi connectivity index (χ2v) is 5.25. The Morgan fingerprint density at radius 2 is 2.21 bits per heavy atom. The van der Waals surface area contributed by atoms with Crippen LogP contribution >= 0.6 is 15.9 Å². The highest BCUT2D eigenvalue weighted by Crippen LogP contribution is 2.28. The number of hydrogen-bond donors (Lipinski definition) is 2. The zero-order valence-corrected chi connectivity index (χ0v) is 13.2. The van der Waals surface area contributed by atoms with Gasteiger partial charge in [0.05, 0.1) is 0 Å². The van der Waals surface area contributed by atoms with Crippen LogP contribution in [-0.4, -0.2) is 26.1 Å². The second kappa shape index (κ2) is 8.17. The van der Waals surface area contributed by atoms with Crippen LogP contribution in [0.25, 0.3) is 0 Å². The Labute approximate surface area is 123 Å². The third-order valence-corrected chi connectivity index (χ3v) is 3.30. The Kier molecular flexibility index (Phi) is 6.87. The number of benzene rings is 1. The number of carbonyl (C=O) groups is 1. The topological polar surface area (TPSA) is 50.4 Å². The van der Waals surface area contributed by atoms with E-state index >= 15 is 0 Å². The molecule has 0 spiro atoms. The first-order chi connectivity index (χ1) is 9.08. The summed E-state index contributed by atoms with van der Waals surface area (Å²) in [4.78, 5) is 11.5. The van der Waals surface area contributed by atoms with E-state index < -0.39 is 0 Å². The van der Waals surface area contributed by atoms with Gasteiger partial charge in [0.25, 0.3) is 5.91 Å². The van der Waals surface area contributed by atoms with Crippen molar-refractivity contribution in [2.45, 2.75) is 26.3 Å². The lowest BCUT2D eigenvalue weighted by molar-refractivity contribution is -0.123. The lowest BCUT2D eigenvalue weighted by Crippen LogP contribution is -2.29. The fourth-order valence-corrected chi connectivity index (χ4v) is 1.98. The third kappa shape index (κ3) is 5.20. The molecule has 0 radical (unpaired) electrons. The van der Waals surface area contributed by atoms with E-state index in [2.05, 4.69) is 26.6 Å². The maximum atomic E-state index is 11.5. The van der Waals surface area contributed by atoms with Gasteiger partial charge in [-0.1, -0.05) is 22.9 Å². The number of carbonyl (C=O) groups excluding carboxylic acids is 1. The quantitative estimate of drug-likeness (QED) is 0.809. The minimum atomic E-state index is -0.0900. The van der Waals surface area contributed by atoms with Gasteiger partial charge in [0.1, 0.15) is 5.75 Å². The Morgan fingerprint density at radius 1 is 1.47 bits per heavy atom. The van der Waals surface area contributed by atoms with Crippen molar-refractivity contribution in [3.63, 3.8) is 0 Å². The van der Waals surface area contributed by atoms with E-state index in [1.807, 2.05) is 39.1 Å². The molecule has 5 heteroatoms. The molecule has 1 rings (SSSR count). The summed E-state index contributed by atoms with van der Waals surface area (Å²) in [5.74, 6) is 0.643. The summed E-state index contributed by atoms with van der Waals surface area (Å²) in [7, 11) is 1.89. The predicted molar refractivity (Wildman–Crippen MR) is 80.4 cm³/mol. The summed E-state index contributed by atoms with van der Waals surface area (Å²) in [6.07, 6.45) is 0.923. The van der Waals surface area contributed by atoms with Crippen LogP contribution < -0.4 is 15.4 Å². The molecule has 0 heterocycles. The van der Waals surface area contributed by atoms with Gasteiger partial charge in [-0.25, -0.2) is 0 Å². The zero-order valence-electron chi connectivity index (χ0n) is 11.6. The van der Waals surface area contributed by atoms with Crippen LogP contribution in [0.1, 0.15) is 31.9 Å². The van der Waals surface area contributed by atoms with Gasteiger partial charge in [-0.3, -0.25) is 4.79 Å². The average molecular weight is 329 g/mol. The Morgan fingerprint density at radius 3 is 2.84 bits per heavy atom. The molecule has 0 aromatic heterocycles. The Bertz CT molecular complexity index is 424. The molecule has 0 aliphatic carbocycles. The largest absolute Gasteiger partial charge is 0.483 e. The molecule has 106 valence electrons. The zero-order chi connectivity index (χ0) is 14.3. The molecule has 1 atom stereocenters. The molecular formula is C14H21BrN2O2. The van der Waals surface area contributed by atoms with Gasteiger partial charge in [-0.15, -0.1) is 0 Å². The summed E-state index contributed by atoms with van der Waals surface area (Å²) >= 11 is 3.45. The molecule has 0 saturated heterocycles. The van der Waals surface area contributed by atoms with Gasteiger partial charge >= 0.3 is 0 Å². The minimum Gasteiger partial charge on any atom is -0.483 e. The Balaban J connectivity index is 2.69. The van der Waals surface area contributed by atoms with Gasteiger partial charge in [0.2, 0.25) is 0 Å². The SMILES string of the molecule is CCCNC(=O)COc1ccc(Br)cc1C(C)NC. The van der Waals surface area contributed by atoms with Crippen LogP contribution in [0.15, 0.2) is 22.7 Å². The molecule has 19 heavy (non-hydrogen) atoms. The number of amides is 1. The van der Waals surface area contributed by atoms with Crippen LogP contribution in [-0.2, 0) is 4.79 Å². The maximum absolute atomic E-state index is 11.5. The first-order valence-corrected chi connectivity index (χ1v) is 7.24. The van der Waals surface area contributed by atoms with Gasteiger partial charge in [0.15, 0.2) is 6.61 Å². The highest BCUT2D eigenvalue weighted by Gasteiger charge is 2.12. The molecule has 0 aliphatic heterocycles. The average Bonchev–Trinajstić information content (AvgIpc) is 2.42. The fraction of sp³-hybridized carbons (Fsp3) is 0.500. The number of nitrogens with one attached hydrogen (secondary N) is 2. The van der Waals surface area contributed by atoms with Crippen LogP contribution in [0.2, 0.25) is 0 Å². The van der Waals surface area contributed by atoms with Crippen molar-refractivity contribution in [1.29, 1.82) is 0 Å². The summed E-state index contributed by atoms with van der Waals surface area (Å²) < 4.78 is 6.59. The molecule has 1 aromatic carbocycles. The highest BCUT2D eigenvalue weighted by molar-refractivity contribution is 9.10. The van der Waals surface area contributed by atoms with Crippen molar-refractivity contribution in [2.75, 3.05) is 20.2 Å². The monoisotopic (exact) mass is 328 g/mol. The molecule has 0 saturated carbocycles. The molecule has 2 N–H and O–H groups in total. The second-order valence-electron chi connectivity index (χ2n) is 4.33. The van der Waals surface area contributed by atoms with Crippen LogP contribution in [0.3, 0.4) is 0 Å². The molecule has 1 unspecified atom stereocenters. The van der Waals surface area contributed by atoms with E-state index in [9.17, 15) is 4.79 Å². The van der Waals surface area contributed by atoms with E-state index in [0.29, 0.717) is 6.54 Å². The van der Waals surface area contributed by atoms with E-state index in [-0.39, 0.29) is 18.6 Å². The molecule has 0 bridgehead atoms. The van der Waals surface area contributed by atoms with Crippen molar-refractivity contribution < 1.29 is 9.53 Å². The summed E-state index contributed by atoms with van der Waals surface area (Å²) in [6.45, 7) is 4.79. The molecule has 1 aromatic rings. The van der Waals surface area contributed by atoms with E-state index in [1.54, 1.807) is 0 Å². The fourth-order valence-electron chi connectivity index (χ4n) is 1.60. The van der Waals surface area contributed by atoms with Crippen molar-refractivity contribution in [1.82, 2.24) is 10.6 Å². The van der Waals surface area contributed by atoms with Crippen molar-refractivity contribution in [2.24, 2.45) is 0 Å². The van der Waals surface area contributed by atoms with Crippen LogP contribution in [0.5, 0.6) is 5.75 Å². The summed E-state index contributed by atoms with van der Waals surface area (Å²) in [5.41, 5.74) is 1.03. The van der Waals surface area contributed by atoms with E-state index in [1.165, 1.54) is 0 Å². The highest BCUT2D eigenvalue weighted by atomic mass is 79.9. The molecule has 4 nitrogen and oxygen atoms in total. The summed E-state index contributed by atoms with van der Waals surface area (Å²) in [5, 5.41) is 5.96.